The summed E-state index contributed by atoms with van der Waals surface area (Å²) in [4.78, 5) is 41.2. The van der Waals surface area contributed by atoms with Crippen molar-refractivity contribution in [3.05, 3.63) is 23.8 Å². The van der Waals surface area contributed by atoms with Crippen LogP contribution in [0.2, 0.25) is 0 Å². The van der Waals surface area contributed by atoms with Crippen molar-refractivity contribution in [3.63, 3.8) is 0 Å². The van der Waals surface area contributed by atoms with Gasteiger partial charge in [-0.05, 0) is 53.4 Å². The van der Waals surface area contributed by atoms with Crippen LogP contribution in [0.25, 0.3) is 0 Å². The number of carbonyl (C=O) groups is 3. The highest BCUT2D eigenvalue weighted by Gasteiger charge is 2.61. The predicted molar refractivity (Wildman–Crippen MR) is 117 cm³/mol. The number of amides is 2. The molecule has 0 aromatic carbocycles. The molecule has 0 aromatic heterocycles. The van der Waals surface area contributed by atoms with E-state index >= 15 is 0 Å². The number of rotatable bonds is 1. The van der Waals surface area contributed by atoms with Crippen molar-refractivity contribution < 1.29 is 28.6 Å². The minimum Gasteiger partial charge on any atom is -0.455 e. The third kappa shape index (κ3) is 4.56. The third-order valence-corrected chi connectivity index (χ3v) is 6.84. The lowest BCUT2D eigenvalue weighted by atomic mass is 9.83. The average molecular weight is 447 g/mol. The molecule has 3 fully saturated rings. The van der Waals surface area contributed by atoms with E-state index in [0.29, 0.717) is 44.6 Å². The number of allylic oxidation sites excluding steroid dienone is 1. The van der Waals surface area contributed by atoms with Gasteiger partial charge < -0.3 is 24.0 Å². The molecule has 0 bridgehead atoms. The molecule has 3 aliphatic heterocycles. The van der Waals surface area contributed by atoms with E-state index in [4.69, 9.17) is 14.2 Å². The van der Waals surface area contributed by atoms with Gasteiger partial charge in [0.15, 0.2) is 0 Å². The Bertz CT molecular complexity index is 851. The zero-order valence-electron chi connectivity index (χ0n) is 19.5. The van der Waals surface area contributed by atoms with Crippen molar-refractivity contribution >= 4 is 18.0 Å². The molecule has 0 N–H and O–H groups in total. The minimum atomic E-state index is -0.543. The first-order valence-electron chi connectivity index (χ1n) is 11.5. The Kier molecular flexibility index (Phi) is 5.86. The highest BCUT2D eigenvalue weighted by atomic mass is 16.6. The maximum atomic E-state index is 13.3. The summed E-state index contributed by atoms with van der Waals surface area (Å²) in [5.41, 5.74) is 0.365. The van der Waals surface area contributed by atoms with Crippen LogP contribution >= 0.6 is 0 Å². The number of esters is 1. The van der Waals surface area contributed by atoms with Crippen LogP contribution in [0.1, 0.15) is 53.4 Å². The second-order valence-electron chi connectivity index (χ2n) is 10.4. The number of ether oxygens (including phenoxy) is 3. The molecule has 0 aromatic rings. The highest BCUT2D eigenvalue weighted by molar-refractivity contribution is 5.94. The van der Waals surface area contributed by atoms with Crippen molar-refractivity contribution in [2.24, 2.45) is 5.92 Å². The molecule has 4 rings (SSSR count). The summed E-state index contributed by atoms with van der Waals surface area (Å²) < 4.78 is 17.0. The second-order valence-corrected chi connectivity index (χ2v) is 10.4. The van der Waals surface area contributed by atoms with Gasteiger partial charge >= 0.3 is 12.1 Å². The molecule has 4 aliphatic rings. The maximum absolute atomic E-state index is 13.3. The van der Waals surface area contributed by atoms with E-state index in [9.17, 15) is 14.4 Å². The number of carbonyl (C=O) groups excluding carboxylic acids is 3. The number of fused-ring (bicyclic) bond motifs is 3. The topological polar surface area (TPSA) is 88.7 Å². The molecule has 2 amide bonds. The van der Waals surface area contributed by atoms with E-state index in [1.165, 1.54) is 0 Å². The highest BCUT2D eigenvalue weighted by Crippen LogP contribution is 2.49. The molecular formula is C24H34N2O6. The monoisotopic (exact) mass is 446 g/mol. The Morgan fingerprint density at radius 3 is 2.50 bits per heavy atom. The van der Waals surface area contributed by atoms with Crippen LogP contribution in [0.4, 0.5) is 4.79 Å². The molecule has 0 unspecified atom stereocenters. The van der Waals surface area contributed by atoms with Crippen LogP contribution in [-0.4, -0.2) is 77.4 Å². The lowest BCUT2D eigenvalue weighted by Gasteiger charge is -2.36. The number of piperazine rings is 1. The summed E-state index contributed by atoms with van der Waals surface area (Å²) in [7, 11) is 0. The van der Waals surface area contributed by atoms with Crippen LogP contribution in [0.3, 0.4) is 0 Å². The van der Waals surface area contributed by atoms with E-state index in [0.717, 1.165) is 18.4 Å². The molecule has 3 heterocycles. The molecule has 0 radical (unpaired) electrons. The fraction of sp³-hybridized carbons (Fsp3) is 0.708. The maximum Gasteiger partial charge on any atom is 0.410 e. The zero-order chi connectivity index (χ0) is 23.3. The van der Waals surface area contributed by atoms with Gasteiger partial charge in [-0.1, -0.05) is 12.7 Å². The number of nitrogens with zero attached hydrogens (tertiary/aromatic N) is 2. The first-order valence-corrected chi connectivity index (χ1v) is 11.5. The lowest BCUT2D eigenvalue weighted by molar-refractivity contribution is -0.140. The number of hydrogen-bond acceptors (Lipinski definition) is 6. The normalized spacial score (nSPS) is 34.6. The summed E-state index contributed by atoms with van der Waals surface area (Å²) in [6.07, 6.45) is 3.96. The molecule has 3 saturated heterocycles. The van der Waals surface area contributed by atoms with Gasteiger partial charge in [0, 0.05) is 43.2 Å². The first kappa shape index (κ1) is 22.8. The van der Waals surface area contributed by atoms with Gasteiger partial charge in [0.1, 0.15) is 17.8 Å². The summed E-state index contributed by atoms with van der Waals surface area (Å²) in [5, 5.41) is 0. The van der Waals surface area contributed by atoms with Gasteiger partial charge in [0.25, 0.3) is 0 Å². The van der Waals surface area contributed by atoms with Crippen molar-refractivity contribution in [1.29, 1.82) is 0 Å². The van der Waals surface area contributed by atoms with Crippen LogP contribution in [0, 0.1) is 5.92 Å². The Morgan fingerprint density at radius 1 is 1.19 bits per heavy atom. The molecular weight excluding hydrogens is 412 g/mol. The average Bonchev–Trinajstić information content (AvgIpc) is 3.31. The van der Waals surface area contributed by atoms with Gasteiger partial charge in [0.2, 0.25) is 5.91 Å². The number of hydrogen-bond donors (Lipinski definition) is 0. The SMILES string of the molecule is C=C1C(=O)O[C@H]2[C@H]1CC/C(C(=O)N1CCN(C(=O)OC(C)(C)C)CC1)=C\CC[C@@]1(C)O[C@@H]21. The number of epoxide rings is 1. The first-order chi connectivity index (χ1) is 15.0. The molecule has 8 nitrogen and oxygen atoms in total. The standard InChI is InChI=1S/C24H34N2O6/c1-15-17-9-8-16(7-6-10-24(5)19(31-24)18(17)30-21(15)28)20(27)25-11-13-26(14-12-25)22(29)32-23(2,3)4/h7,17-19H,1,6,8-14H2,2-5H3/b16-7+/t17-,18-,19-,24+/m0/s1. The van der Waals surface area contributed by atoms with E-state index < -0.39 is 5.60 Å². The van der Waals surface area contributed by atoms with Crippen molar-refractivity contribution in [2.75, 3.05) is 26.2 Å². The van der Waals surface area contributed by atoms with E-state index in [1.807, 2.05) is 33.8 Å². The van der Waals surface area contributed by atoms with Gasteiger partial charge in [0.05, 0.1) is 5.60 Å². The Balaban J connectivity index is 1.40. The molecule has 1 aliphatic carbocycles. The quantitative estimate of drug-likeness (QED) is 0.350. The van der Waals surface area contributed by atoms with E-state index in [2.05, 4.69) is 6.58 Å². The molecule has 32 heavy (non-hydrogen) atoms. The molecule has 4 atom stereocenters. The van der Waals surface area contributed by atoms with Gasteiger partial charge in [-0.2, -0.15) is 0 Å². The Labute approximate surface area is 189 Å². The predicted octanol–water partition coefficient (Wildman–Crippen LogP) is 2.82. The van der Waals surface area contributed by atoms with E-state index in [-0.39, 0.29) is 41.7 Å². The Hall–Kier alpha value is -2.35. The van der Waals surface area contributed by atoms with Crippen molar-refractivity contribution in [2.45, 2.75) is 76.8 Å². The van der Waals surface area contributed by atoms with Gasteiger partial charge in [-0.25, -0.2) is 9.59 Å². The third-order valence-electron chi connectivity index (χ3n) is 6.84. The fourth-order valence-corrected chi connectivity index (χ4v) is 4.88. The smallest absolute Gasteiger partial charge is 0.410 e. The summed E-state index contributed by atoms with van der Waals surface area (Å²) >= 11 is 0. The van der Waals surface area contributed by atoms with Crippen LogP contribution in [0.15, 0.2) is 23.8 Å². The molecule has 0 saturated carbocycles. The van der Waals surface area contributed by atoms with Crippen LogP contribution < -0.4 is 0 Å². The molecule has 176 valence electrons. The van der Waals surface area contributed by atoms with Crippen molar-refractivity contribution in [1.82, 2.24) is 9.80 Å². The van der Waals surface area contributed by atoms with Crippen molar-refractivity contribution in [3.8, 4) is 0 Å². The minimum absolute atomic E-state index is 0.000217. The van der Waals surface area contributed by atoms with Gasteiger partial charge in [-0.15, -0.1) is 0 Å². The Morgan fingerprint density at radius 2 is 1.84 bits per heavy atom. The summed E-state index contributed by atoms with van der Waals surface area (Å²) in [5.74, 6) is -0.486. The fourth-order valence-electron chi connectivity index (χ4n) is 4.88. The summed E-state index contributed by atoms with van der Waals surface area (Å²) in [6, 6.07) is 0. The van der Waals surface area contributed by atoms with Crippen LogP contribution in [0.5, 0.6) is 0 Å². The molecule has 8 heteroatoms. The second kappa shape index (κ2) is 8.21. The lowest BCUT2D eigenvalue weighted by Crippen LogP contribution is -2.52. The van der Waals surface area contributed by atoms with Crippen LogP contribution in [-0.2, 0) is 23.8 Å². The van der Waals surface area contributed by atoms with E-state index in [1.54, 1.807) is 9.80 Å². The summed E-state index contributed by atoms with van der Waals surface area (Å²) in [6.45, 7) is 13.3. The largest absolute Gasteiger partial charge is 0.455 e. The zero-order valence-corrected chi connectivity index (χ0v) is 19.5. The molecule has 0 spiro atoms. The van der Waals surface area contributed by atoms with Gasteiger partial charge in [-0.3, -0.25) is 4.79 Å².